The van der Waals surface area contributed by atoms with E-state index in [9.17, 15) is 0 Å². The molecule has 2 atom stereocenters. The largest absolute Gasteiger partial charge is 0.355 e. The molecule has 0 spiro atoms. The van der Waals surface area contributed by atoms with E-state index in [1.54, 1.807) is 6.21 Å². The van der Waals surface area contributed by atoms with Gasteiger partial charge in [0.15, 0.2) is 0 Å². The topological polar surface area (TPSA) is 33.6 Å². The van der Waals surface area contributed by atoms with Crippen molar-refractivity contribution in [3.05, 3.63) is 29.8 Å². The monoisotopic (exact) mass is 242 g/mol. The quantitative estimate of drug-likeness (QED) is 0.487. The van der Waals surface area contributed by atoms with Crippen LogP contribution in [0, 0.1) is 0 Å². The van der Waals surface area contributed by atoms with Crippen LogP contribution in [0.5, 0.6) is 0 Å². The summed E-state index contributed by atoms with van der Waals surface area (Å²) in [6, 6.07) is 8.26. The average molecular weight is 242 g/mol. The highest BCUT2D eigenvalue weighted by Gasteiger charge is 2.03. The molecule has 0 heterocycles. The lowest BCUT2D eigenvalue weighted by Crippen LogP contribution is -2.02. The second kappa shape index (κ2) is 6.90. The maximum Gasteiger partial charge on any atom is 0.0571 e. The van der Waals surface area contributed by atoms with Crippen LogP contribution >= 0.6 is 17.5 Å². The van der Waals surface area contributed by atoms with Gasteiger partial charge in [0.05, 0.1) is 14.4 Å². The Labute approximate surface area is 94.4 Å². The van der Waals surface area contributed by atoms with Crippen LogP contribution in [0.15, 0.2) is 29.4 Å². The van der Waals surface area contributed by atoms with Crippen molar-refractivity contribution >= 4 is 29.1 Å². The minimum Gasteiger partial charge on any atom is -0.355 e. The van der Waals surface area contributed by atoms with Crippen LogP contribution in [0.25, 0.3) is 0 Å². The smallest absolute Gasteiger partial charge is 0.0571 e. The van der Waals surface area contributed by atoms with Crippen molar-refractivity contribution < 1.29 is 4.52 Å². The first-order valence-electron chi connectivity index (χ1n) is 4.73. The summed E-state index contributed by atoms with van der Waals surface area (Å²) in [5.41, 5.74) is 1.08. The third-order valence-corrected chi connectivity index (χ3v) is 3.69. The minimum absolute atomic E-state index is 0.465. The van der Waals surface area contributed by atoms with Crippen LogP contribution in [0.2, 0.25) is 0 Å². The van der Waals surface area contributed by atoms with Gasteiger partial charge in [-0.25, -0.2) is 0 Å². The van der Waals surface area contributed by atoms with Crippen LogP contribution in [-0.2, 0) is 4.52 Å². The normalized spacial score (nSPS) is 13.0. The fourth-order valence-corrected chi connectivity index (χ4v) is 2.33. The van der Waals surface area contributed by atoms with E-state index in [0.717, 1.165) is 12.2 Å². The van der Waals surface area contributed by atoms with Gasteiger partial charge in [-0.1, -0.05) is 24.3 Å². The molecular weight excluding hydrogens is 226 g/mol. The van der Waals surface area contributed by atoms with Crippen LogP contribution in [0.4, 0.5) is 0 Å². The Bertz CT molecular complexity index is 314. The average Bonchev–Trinajstić information content (AvgIpc) is 2.27. The highest BCUT2D eigenvalue weighted by molar-refractivity contribution is 7.60. The molecule has 0 amide bonds. The molecule has 0 radical (unpaired) electrons. The van der Waals surface area contributed by atoms with Gasteiger partial charge in [0.25, 0.3) is 0 Å². The van der Waals surface area contributed by atoms with Gasteiger partial charge in [0.1, 0.15) is 0 Å². The zero-order valence-electron chi connectivity index (χ0n) is 8.97. The molecule has 0 aliphatic carbocycles. The highest BCUT2D eigenvalue weighted by atomic mass is 31.1. The maximum absolute atomic E-state index is 5.56. The number of rotatable bonds is 5. The molecule has 5 heteroatoms. The molecule has 0 fully saturated rings. The first kappa shape index (κ1) is 12.6. The molecular formula is C10H16N2OP2. The van der Waals surface area contributed by atoms with Crippen molar-refractivity contribution in [1.29, 1.82) is 0 Å². The van der Waals surface area contributed by atoms with Gasteiger partial charge in [-0.3, -0.25) is 5.20 Å². The zero-order chi connectivity index (χ0) is 11.1. The number of nitrogens with zero attached hydrogens (tertiary/aromatic N) is 1. The minimum atomic E-state index is -0.465. The molecule has 1 aromatic rings. The molecule has 1 N–H and O–H groups in total. The molecule has 0 aliphatic rings. The molecule has 3 nitrogen and oxygen atoms in total. The second-order valence-electron chi connectivity index (χ2n) is 2.89. The lowest BCUT2D eigenvalue weighted by atomic mass is 10.2. The summed E-state index contributed by atoms with van der Waals surface area (Å²) in [7, 11) is 1.86. The van der Waals surface area contributed by atoms with Gasteiger partial charge in [-0.05, 0) is 28.5 Å². The van der Waals surface area contributed by atoms with E-state index in [-0.39, 0.29) is 0 Å². The summed E-state index contributed by atoms with van der Waals surface area (Å²) in [6.07, 6.45) is 1.77. The third kappa shape index (κ3) is 4.25. The molecule has 82 valence electrons. The van der Waals surface area contributed by atoms with Gasteiger partial charge in [0.2, 0.25) is 0 Å². The van der Waals surface area contributed by atoms with Crippen molar-refractivity contribution in [2.24, 2.45) is 5.10 Å². The van der Waals surface area contributed by atoms with Crippen molar-refractivity contribution in [1.82, 2.24) is 5.20 Å². The number of hydrogen-bond donors (Lipinski definition) is 1. The summed E-state index contributed by atoms with van der Waals surface area (Å²) < 4.78 is 5.56. The Morgan fingerprint density at radius 2 is 2.13 bits per heavy atom. The molecule has 0 saturated carbocycles. The predicted molar refractivity (Wildman–Crippen MR) is 71.0 cm³/mol. The van der Waals surface area contributed by atoms with E-state index in [4.69, 9.17) is 4.52 Å². The van der Waals surface area contributed by atoms with Gasteiger partial charge in [0, 0.05) is 11.9 Å². The van der Waals surface area contributed by atoms with Crippen LogP contribution < -0.4 is 10.5 Å². The molecule has 1 rings (SSSR count). The number of hydrogen-bond acceptors (Lipinski definition) is 3. The second-order valence-corrected chi connectivity index (χ2v) is 4.92. The summed E-state index contributed by atoms with van der Waals surface area (Å²) in [6.45, 7) is 4.90. The van der Waals surface area contributed by atoms with E-state index >= 15 is 0 Å². The lowest BCUT2D eigenvalue weighted by Gasteiger charge is -2.11. The van der Waals surface area contributed by atoms with E-state index in [0.29, 0.717) is 0 Å². The highest BCUT2D eigenvalue weighted by Crippen LogP contribution is 2.30. The maximum atomic E-state index is 5.56. The van der Waals surface area contributed by atoms with Gasteiger partial charge < -0.3 is 4.52 Å². The van der Waals surface area contributed by atoms with Crippen molar-refractivity contribution in [3.63, 3.8) is 0 Å². The van der Waals surface area contributed by atoms with Crippen LogP contribution in [0.1, 0.15) is 12.5 Å². The molecule has 15 heavy (non-hydrogen) atoms. The lowest BCUT2D eigenvalue weighted by molar-refractivity contribution is 0.386. The van der Waals surface area contributed by atoms with Crippen molar-refractivity contribution in [2.75, 3.05) is 13.3 Å². The van der Waals surface area contributed by atoms with Crippen LogP contribution in [0.3, 0.4) is 0 Å². The number of nitrogens with one attached hydrogen (secondary N) is 1. The summed E-state index contributed by atoms with van der Waals surface area (Å²) in [5.74, 6) is 0. The Hall–Kier alpha value is -0.490. The van der Waals surface area contributed by atoms with Gasteiger partial charge in [-0.15, -0.1) is 0 Å². The van der Waals surface area contributed by atoms with E-state index in [2.05, 4.69) is 38.5 Å². The SMILES string of the molecule is CCOP(C)c1ccc(/C=N/NP)cc1. The third-order valence-electron chi connectivity index (χ3n) is 1.87. The Kier molecular flexibility index (Phi) is 5.78. The van der Waals surface area contributed by atoms with Crippen molar-refractivity contribution in [3.8, 4) is 0 Å². The fraction of sp³-hybridized carbons (Fsp3) is 0.300. The number of hydrazone groups is 1. The molecule has 0 aliphatic heterocycles. The first-order valence-corrected chi connectivity index (χ1v) is 7.01. The summed E-state index contributed by atoms with van der Waals surface area (Å²) >= 11 is 0. The molecule has 1 aromatic carbocycles. The van der Waals surface area contributed by atoms with E-state index in [1.165, 1.54) is 5.30 Å². The van der Waals surface area contributed by atoms with E-state index < -0.39 is 8.15 Å². The Morgan fingerprint density at radius 3 is 2.67 bits per heavy atom. The molecule has 0 saturated heterocycles. The Balaban J connectivity index is 2.67. The molecule has 0 aromatic heterocycles. The van der Waals surface area contributed by atoms with Crippen LogP contribution in [-0.4, -0.2) is 19.5 Å². The Morgan fingerprint density at radius 1 is 1.47 bits per heavy atom. The standard InChI is InChI=1S/C10H16N2OP2/c1-3-13-15(2)10-6-4-9(5-7-10)8-11-12-14/h4-8,12H,3,14H2,1-2H3/b11-8+. The first-order chi connectivity index (χ1) is 7.27. The number of benzene rings is 1. The molecule has 2 unspecified atom stereocenters. The zero-order valence-corrected chi connectivity index (χ0v) is 11.0. The predicted octanol–water partition coefficient (Wildman–Crippen LogP) is 2.09. The van der Waals surface area contributed by atoms with Gasteiger partial charge >= 0.3 is 0 Å². The van der Waals surface area contributed by atoms with Gasteiger partial charge in [-0.2, -0.15) is 5.10 Å². The summed E-state index contributed by atoms with van der Waals surface area (Å²) in [4.78, 5) is 0. The molecule has 0 bridgehead atoms. The van der Waals surface area contributed by atoms with Crippen molar-refractivity contribution in [2.45, 2.75) is 6.92 Å². The summed E-state index contributed by atoms with van der Waals surface area (Å²) in [5, 5.41) is 7.81. The van der Waals surface area contributed by atoms with E-state index in [1.807, 2.05) is 19.1 Å². The fourth-order valence-electron chi connectivity index (χ4n) is 1.15.